The van der Waals surface area contributed by atoms with E-state index in [0.717, 1.165) is 48.0 Å². The Morgan fingerprint density at radius 2 is 2.17 bits per heavy atom. The lowest BCUT2D eigenvalue weighted by atomic mass is 9.98. The molecule has 2 aromatic heterocycles. The zero-order chi connectivity index (χ0) is 15.6. The monoisotopic (exact) mass is 308 g/mol. The van der Waals surface area contributed by atoms with Crippen LogP contribution in [0.15, 0.2) is 42.7 Å². The van der Waals surface area contributed by atoms with Crippen LogP contribution in [0.4, 0.5) is 0 Å². The molecule has 3 heterocycles. The molecule has 23 heavy (non-hydrogen) atoms. The van der Waals surface area contributed by atoms with Gasteiger partial charge in [-0.15, -0.1) is 0 Å². The maximum absolute atomic E-state index is 12.9. The Morgan fingerprint density at radius 3 is 3.04 bits per heavy atom. The molecule has 5 heteroatoms. The predicted octanol–water partition coefficient (Wildman–Crippen LogP) is 3.19. The molecule has 4 rings (SSSR count). The summed E-state index contributed by atoms with van der Waals surface area (Å²) >= 11 is 0. The first-order valence-corrected chi connectivity index (χ1v) is 8.16. The average Bonchev–Trinajstić information content (AvgIpc) is 3.25. The number of rotatable bonds is 3. The highest BCUT2D eigenvalue weighted by molar-refractivity contribution is 5.89. The van der Waals surface area contributed by atoms with Gasteiger partial charge in [-0.05, 0) is 37.0 Å². The Morgan fingerprint density at radius 1 is 1.26 bits per heavy atom. The normalized spacial score (nSPS) is 18.4. The van der Waals surface area contributed by atoms with Gasteiger partial charge in [0.2, 0.25) is 5.91 Å². The van der Waals surface area contributed by atoms with E-state index >= 15 is 0 Å². The molecule has 3 aromatic rings. The molecule has 0 aliphatic carbocycles. The number of amides is 1. The molecule has 0 radical (unpaired) electrons. The van der Waals surface area contributed by atoms with Crippen LogP contribution in [0.1, 0.15) is 36.6 Å². The first kappa shape index (κ1) is 14.1. The van der Waals surface area contributed by atoms with Crippen molar-refractivity contribution in [1.82, 2.24) is 20.1 Å². The molecule has 118 valence electrons. The van der Waals surface area contributed by atoms with Crippen molar-refractivity contribution in [3.05, 3.63) is 54.0 Å². The quantitative estimate of drug-likeness (QED) is 0.780. The van der Waals surface area contributed by atoms with Crippen molar-refractivity contribution in [3.8, 4) is 0 Å². The number of fused-ring (bicyclic) bond motifs is 1. The number of benzene rings is 1. The smallest absolute Gasteiger partial charge is 0.227 e. The molecule has 1 aliphatic heterocycles. The lowest BCUT2D eigenvalue weighted by Crippen LogP contribution is -2.39. The molecule has 1 saturated heterocycles. The second-order valence-electron chi connectivity index (χ2n) is 6.15. The molecule has 1 unspecified atom stereocenters. The van der Waals surface area contributed by atoms with Gasteiger partial charge in [-0.3, -0.25) is 9.89 Å². The van der Waals surface area contributed by atoms with E-state index in [2.05, 4.69) is 21.2 Å². The Hall–Kier alpha value is -2.56. The maximum atomic E-state index is 12.9. The highest BCUT2D eigenvalue weighted by Crippen LogP contribution is 2.30. The molecule has 1 atom stereocenters. The van der Waals surface area contributed by atoms with Crippen LogP contribution >= 0.6 is 0 Å². The van der Waals surface area contributed by atoms with E-state index in [1.54, 1.807) is 6.20 Å². The molecule has 0 bridgehead atoms. The molecule has 1 amide bonds. The van der Waals surface area contributed by atoms with E-state index in [-0.39, 0.29) is 11.9 Å². The van der Waals surface area contributed by atoms with Crippen LogP contribution in [-0.4, -0.2) is 32.5 Å². The number of carbonyl (C=O) groups excluding carboxylic acids is 1. The number of para-hydroxylation sites is 1. The fourth-order valence-corrected chi connectivity index (χ4v) is 3.55. The zero-order valence-corrected chi connectivity index (χ0v) is 13.0. The number of likely N-dealkylation sites (tertiary alicyclic amines) is 1. The molecule has 1 aromatic carbocycles. The van der Waals surface area contributed by atoms with E-state index in [0.29, 0.717) is 6.42 Å². The Balaban J connectivity index is 1.57. The Kier molecular flexibility index (Phi) is 3.61. The summed E-state index contributed by atoms with van der Waals surface area (Å²) in [5, 5.41) is 8.21. The zero-order valence-electron chi connectivity index (χ0n) is 13.0. The summed E-state index contributed by atoms with van der Waals surface area (Å²) in [5.41, 5.74) is 3.19. The van der Waals surface area contributed by atoms with Gasteiger partial charge < -0.3 is 9.88 Å². The minimum atomic E-state index is 0.129. The van der Waals surface area contributed by atoms with Gasteiger partial charge in [0.15, 0.2) is 0 Å². The van der Waals surface area contributed by atoms with E-state index in [9.17, 15) is 4.79 Å². The van der Waals surface area contributed by atoms with Crippen LogP contribution in [0.2, 0.25) is 0 Å². The summed E-state index contributed by atoms with van der Waals surface area (Å²) in [6, 6.07) is 10.2. The van der Waals surface area contributed by atoms with Gasteiger partial charge in [-0.1, -0.05) is 18.2 Å². The van der Waals surface area contributed by atoms with Gasteiger partial charge in [0.05, 0.1) is 18.2 Å². The van der Waals surface area contributed by atoms with Crippen LogP contribution in [0.25, 0.3) is 10.9 Å². The van der Waals surface area contributed by atoms with Gasteiger partial charge >= 0.3 is 0 Å². The minimum Gasteiger partial charge on any atom is -0.361 e. The number of H-pyrrole nitrogens is 2. The van der Waals surface area contributed by atoms with Crippen molar-refractivity contribution >= 4 is 16.8 Å². The Bertz CT molecular complexity index is 805. The lowest BCUT2D eigenvalue weighted by molar-refractivity contribution is -0.134. The van der Waals surface area contributed by atoms with Crippen molar-refractivity contribution in [2.45, 2.75) is 31.7 Å². The van der Waals surface area contributed by atoms with Crippen molar-refractivity contribution in [3.63, 3.8) is 0 Å². The summed E-state index contributed by atoms with van der Waals surface area (Å²) in [6.07, 6.45) is 7.38. The number of hydrogen-bond donors (Lipinski definition) is 2. The molecular weight excluding hydrogens is 288 g/mol. The number of aromatic nitrogens is 3. The summed E-state index contributed by atoms with van der Waals surface area (Å²) in [7, 11) is 0. The highest BCUT2D eigenvalue weighted by Gasteiger charge is 2.29. The number of piperidine rings is 1. The second kappa shape index (κ2) is 5.91. The maximum Gasteiger partial charge on any atom is 0.227 e. The SMILES string of the molecule is O=C(Cc1c[nH]c2ccccc12)N1CCCCC1c1ccn[nH]1. The van der Waals surface area contributed by atoms with E-state index in [1.165, 1.54) is 0 Å². The molecule has 0 saturated carbocycles. The largest absolute Gasteiger partial charge is 0.361 e. The van der Waals surface area contributed by atoms with E-state index < -0.39 is 0 Å². The molecule has 1 aliphatic rings. The summed E-state index contributed by atoms with van der Waals surface area (Å²) in [4.78, 5) is 18.2. The van der Waals surface area contributed by atoms with Crippen molar-refractivity contribution in [2.75, 3.05) is 6.54 Å². The average molecular weight is 308 g/mol. The van der Waals surface area contributed by atoms with Gasteiger partial charge in [0, 0.05) is 29.8 Å². The molecule has 2 N–H and O–H groups in total. The predicted molar refractivity (Wildman–Crippen MR) is 88.9 cm³/mol. The summed E-state index contributed by atoms with van der Waals surface area (Å²) in [6.45, 7) is 0.824. The van der Waals surface area contributed by atoms with Crippen molar-refractivity contribution in [2.24, 2.45) is 0 Å². The molecule has 5 nitrogen and oxygen atoms in total. The fraction of sp³-hybridized carbons (Fsp3) is 0.333. The second-order valence-corrected chi connectivity index (χ2v) is 6.15. The standard InChI is InChI=1S/C18H20N4O/c23-18(11-13-12-19-15-6-2-1-5-14(13)15)22-10-4-3-7-17(22)16-8-9-20-21-16/h1-2,5-6,8-9,12,17,19H,3-4,7,10-11H2,(H,20,21). The third kappa shape index (κ3) is 2.63. The Labute approximate surface area is 134 Å². The number of carbonyl (C=O) groups is 1. The first-order chi connectivity index (χ1) is 11.3. The highest BCUT2D eigenvalue weighted by atomic mass is 16.2. The van der Waals surface area contributed by atoms with Crippen LogP contribution in [0.3, 0.4) is 0 Å². The summed E-state index contributed by atoms with van der Waals surface area (Å²) in [5.74, 6) is 0.189. The fourth-order valence-electron chi connectivity index (χ4n) is 3.55. The topological polar surface area (TPSA) is 64.8 Å². The van der Waals surface area contributed by atoms with E-state index in [1.807, 2.05) is 35.4 Å². The van der Waals surface area contributed by atoms with Crippen LogP contribution < -0.4 is 0 Å². The summed E-state index contributed by atoms with van der Waals surface area (Å²) < 4.78 is 0. The third-order valence-corrected chi connectivity index (χ3v) is 4.72. The minimum absolute atomic E-state index is 0.129. The van der Waals surface area contributed by atoms with Gasteiger partial charge in [-0.2, -0.15) is 5.10 Å². The van der Waals surface area contributed by atoms with Crippen LogP contribution in [0, 0.1) is 0 Å². The van der Waals surface area contributed by atoms with Gasteiger partial charge in [0.1, 0.15) is 0 Å². The number of aromatic amines is 2. The molecule has 0 spiro atoms. The lowest BCUT2D eigenvalue weighted by Gasteiger charge is -2.35. The number of nitrogens with one attached hydrogen (secondary N) is 2. The molecule has 1 fully saturated rings. The van der Waals surface area contributed by atoms with E-state index in [4.69, 9.17) is 0 Å². The third-order valence-electron chi connectivity index (χ3n) is 4.72. The van der Waals surface area contributed by atoms with Crippen LogP contribution in [0.5, 0.6) is 0 Å². The van der Waals surface area contributed by atoms with Crippen LogP contribution in [-0.2, 0) is 11.2 Å². The number of hydrogen-bond acceptors (Lipinski definition) is 2. The van der Waals surface area contributed by atoms with Crippen molar-refractivity contribution < 1.29 is 4.79 Å². The number of nitrogens with zero attached hydrogens (tertiary/aromatic N) is 2. The van der Waals surface area contributed by atoms with Gasteiger partial charge in [-0.25, -0.2) is 0 Å². The first-order valence-electron chi connectivity index (χ1n) is 8.16. The molecular formula is C18H20N4O. The van der Waals surface area contributed by atoms with Gasteiger partial charge in [0.25, 0.3) is 0 Å². The van der Waals surface area contributed by atoms with Crippen molar-refractivity contribution in [1.29, 1.82) is 0 Å².